The van der Waals surface area contributed by atoms with E-state index in [-0.39, 0.29) is 5.92 Å². The summed E-state index contributed by atoms with van der Waals surface area (Å²) in [7, 11) is 0. The molecule has 0 saturated heterocycles. The second kappa shape index (κ2) is 8.75. The van der Waals surface area contributed by atoms with E-state index in [9.17, 15) is 0 Å². The highest BCUT2D eigenvalue weighted by Crippen LogP contribution is 2.39. The molecular formula is C24H28O2. The first-order chi connectivity index (χ1) is 12.7. The summed E-state index contributed by atoms with van der Waals surface area (Å²) in [5.74, 6) is 2.40. The van der Waals surface area contributed by atoms with E-state index >= 15 is 0 Å². The van der Waals surface area contributed by atoms with Crippen molar-refractivity contribution in [3.05, 3.63) is 95.1 Å². The topological polar surface area (TPSA) is 18.5 Å². The summed E-state index contributed by atoms with van der Waals surface area (Å²) < 4.78 is 12.1. The average Bonchev–Trinajstić information content (AvgIpc) is 2.65. The van der Waals surface area contributed by atoms with Crippen LogP contribution < -0.4 is 0 Å². The van der Waals surface area contributed by atoms with Crippen molar-refractivity contribution in [1.29, 1.82) is 0 Å². The molecule has 0 saturated carbocycles. The number of ether oxygens (including phenoxy) is 2. The molecule has 0 N–H and O–H groups in total. The summed E-state index contributed by atoms with van der Waals surface area (Å²) >= 11 is 0. The number of hydrogen-bond donors (Lipinski definition) is 0. The molecule has 2 nitrogen and oxygen atoms in total. The number of allylic oxidation sites excluding steroid dienone is 3. The van der Waals surface area contributed by atoms with Crippen LogP contribution in [0.3, 0.4) is 0 Å². The summed E-state index contributed by atoms with van der Waals surface area (Å²) in [4.78, 5) is 0. The van der Waals surface area contributed by atoms with E-state index in [1.165, 1.54) is 16.7 Å². The van der Waals surface area contributed by atoms with E-state index in [2.05, 4.69) is 80.6 Å². The van der Waals surface area contributed by atoms with Gasteiger partial charge in [-0.3, -0.25) is 0 Å². The Morgan fingerprint density at radius 3 is 2.00 bits per heavy atom. The third kappa shape index (κ3) is 4.37. The summed E-state index contributed by atoms with van der Waals surface area (Å²) in [5.41, 5.74) is 3.71. The van der Waals surface area contributed by atoms with Gasteiger partial charge >= 0.3 is 0 Å². The molecule has 136 valence electrons. The molecule has 26 heavy (non-hydrogen) atoms. The van der Waals surface area contributed by atoms with Gasteiger partial charge in [-0.2, -0.15) is 0 Å². The predicted molar refractivity (Wildman–Crippen MR) is 107 cm³/mol. The lowest BCUT2D eigenvalue weighted by molar-refractivity contribution is 0.0606. The molecule has 3 rings (SSSR count). The molecule has 0 aromatic heterocycles. The van der Waals surface area contributed by atoms with Gasteiger partial charge in [0, 0.05) is 17.9 Å². The van der Waals surface area contributed by atoms with E-state index in [1.807, 2.05) is 6.92 Å². The Morgan fingerprint density at radius 2 is 1.50 bits per heavy atom. The van der Waals surface area contributed by atoms with Gasteiger partial charge in [0.1, 0.15) is 5.76 Å². The van der Waals surface area contributed by atoms with Crippen LogP contribution in [0.4, 0.5) is 0 Å². The summed E-state index contributed by atoms with van der Waals surface area (Å²) in [6.45, 7) is 7.03. The van der Waals surface area contributed by atoms with E-state index in [1.54, 1.807) is 0 Å². The number of rotatable bonds is 7. The molecule has 2 aromatic rings. The van der Waals surface area contributed by atoms with Crippen molar-refractivity contribution in [2.75, 3.05) is 6.61 Å². The smallest absolute Gasteiger partial charge is 0.284 e. The van der Waals surface area contributed by atoms with Gasteiger partial charge in [0.25, 0.3) is 5.95 Å². The van der Waals surface area contributed by atoms with Crippen molar-refractivity contribution < 1.29 is 9.47 Å². The molecule has 0 fully saturated rings. The molecule has 0 unspecified atom stereocenters. The third-order valence-electron chi connectivity index (χ3n) is 4.53. The van der Waals surface area contributed by atoms with Gasteiger partial charge in [-0.25, -0.2) is 0 Å². The zero-order valence-corrected chi connectivity index (χ0v) is 15.9. The monoisotopic (exact) mass is 348 g/mol. The van der Waals surface area contributed by atoms with Crippen LogP contribution in [0.2, 0.25) is 0 Å². The van der Waals surface area contributed by atoms with Crippen molar-refractivity contribution in [2.45, 2.75) is 39.5 Å². The Bertz CT molecular complexity index is 718. The van der Waals surface area contributed by atoms with E-state index in [0.717, 1.165) is 18.6 Å². The van der Waals surface area contributed by atoms with Gasteiger partial charge in [0.05, 0.1) is 6.61 Å². The lowest BCUT2D eigenvalue weighted by atomic mass is 9.83. The maximum Gasteiger partial charge on any atom is 0.284 e. The molecule has 1 heterocycles. The van der Waals surface area contributed by atoms with Crippen LogP contribution in [-0.2, 0) is 9.47 Å². The van der Waals surface area contributed by atoms with Crippen LogP contribution in [0.1, 0.15) is 50.7 Å². The van der Waals surface area contributed by atoms with Gasteiger partial charge < -0.3 is 9.47 Å². The second-order valence-corrected chi connectivity index (χ2v) is 7.07. The van der Waals surface area contributed by atoms with E-state index in [0.29, 0.717) is 18.5 Å². The lowest BCUT2D eigenvalue weighted by Gasteiger charge is -2.28. The predicted octanol–water partition coefficient (Wildman–Crippen LogP) is 6.42. The average molecular weight is 348 g/mol. The Labute approximate surface area is 157 Å². The van der Waals surface area contributed by atoms with E-state index in [4.69, 9.17) is 9.47 Å². The third-order valence-corrected chi connectivity index (χ3v) is 4.53. The molecule has 0 atom stereocenters. The van der Waals surface area contributed by atoms with Crippen LogP contribution in [-0.4, -0.2) is 6.61 Å². The summed E-state index contributed by atoms with van der Waals surface area (Å²) in [6.07, 6.45) is 4.01. The fourth-order valence-electron chi connectivity index (χ4n) is 3.44. The molecule has 2 aromatic carbocycles. The van der Waals surface area contributed by atoms with Crippen molar-refractivity contribution in [1.82, 2.24) is 0 Å². The van der Waals surface area contributed by atoms with Crippen molar-refractivity contribution in [2.24, 2.45) is 5.92 Å². The van der Waals surface area contributed by atoms with Crippen molar-refractivity contribution in [3.63, 3.8) is 0 Å². The van der Waals surface area contributed by atoms with Gasteiger partial charge in [0.2, 0.25) is 0 Å². The minimum Gasteiger partial charge on any atom is -0.465 e. The van der Waals surface area contributed by atoms with Gasteiger partial charge in [0.15, 0.2) is 0 Å². The fraction of sp³-hybridized carbons (Fsp3) is 0.333. The van der Waals surface area contributed by atoms with Crippen LogP contribution in [0.5, 0.6) is 0 Å². The van der Waals surface area contributed by atoms with Gasteiger partial charge in [-0.1, -0.05) is 74.5 Å². The largest absolute Gasteiger partial charge is 0.465 e. The molecule has 0 radical (unpaired) electrons. The Hall–Kier alpha value is -2.48. The highest BCUT2D eigenvalue weighted by atomic mass is 16.7. The fourth-order valence-corrected chi connectivity index (χ4v) is 3.44. The first-order valence-corrected chi connectivity index (χ1v) is 9.51. The Morgan fingerprint density at radius 1 is 0.923 bits per heavy atom. The maximum atomic E-state index is 6.19. The highest BCUT2D eigenvalue weighted by molar-refractivity contribution is 5.43. The molecule has 0 bridgehead atoms. The zero-order valence-electron chi connectivity index (χ0n) is 15.9. The molecule has 0 spiro atoms. The molecule has 2 heteroatoms. The van der Waals surface area contributed by atoms with Crippen LogP contribution in [0, 0.1) is 5.92 Å². The Balaban J connectivity index is 2.01. The van der Waals surface area contributed by atoms with Crippen LogP contribution in [0.25, 0.3) is 0 Å². The molecular weight excluding hydrogens is 320 g/mol. The minimum atomic E-state index is 0.135. The summed E-state index contributed by atoms with van der Waals surface area (Å²) in [6, 6.07) is 21.2. The van der Waals surface area contributed by atoms with Crippen molar-refractivity contribution >= 4 is 0 Å². The lowest BCUT2D eigenvalue weighted by Crippen LogP contribution is -2.15. The molecule has 1 aliphatic rings. The standard InChI is InChI=1S/C24H28O2/c1-4-25-24-22(16-15-21(26-24)17-18(2)3)23(19-11-7-5-8-12-19)20-13-9-6-10-14-20/h5-15,18,23H,4,16-17H2,1-3H3. The van der Waals surface area contributed by atoms with Crippen LogP contribution in [0.15, 0.2) is 84.0 Å². The number of benzene rings is 2. The van der Waals surface area contributed by atoms with Crippen LogP contribution >= 0.6 is 0 Å². The molecule has 1 aliphatic heterocycles. The van der Waals surface area contributed by atoms with Crippen molar-refractivity contribution in [3.8, 4) is 0 Å². The first kappa shape index (κ1) is 18.3. The van der Waals surface area contributed by atoms with Gasteiger partial charge in [-0.05, 0) is 36.5 Å². The quantitative estimate of drug-likeness (QED) is 0.575. The highest BCUT2D eigenvalue weighted by Gasteiger charge is 2.27. The number of hydrogen-bond acceptors (Lipinski definition) is 2. The maximum absolute atomic E-state index is 6.19. The molecule has 0 amide bonds. The normalized spacial score (nSPS) is 14.4. The summed E-state index contributed by atoms with van der Waals surface area (Å²) in [5, 5.41) is 0. The van der Waals surface area contributed by atoms with E-state index < -0.39 is 0 Å². The molecule has 0 aliphatic carbocycles. The zero-order chi connectivity index (χ0) is 18.4. The Kier molecular flexibility index (Phi) is 6.17. The minimum absolute atomic E-state index is 0.135. The first-order valence-electron chi connectivity index (χ1n) is 9.51. The second-order valence-electron chi connectivity index (χ2n) is 7.07. The SMILES string of the molecule is CCOC1=C(C(c2ccccc2)c2ccccc2)CC=C(CC(C)C)O1. The van der Waals surface area contributed by atoms with Gasteiger partial charge in [-0.15, -0.1) is 0 Å².